The maximum Gasteiger partial charge on any atom is 0.188 e. The van der Waals surface area contributed by atoms with Crippen molar-refractivity contribution in [2.45, 2.75) is 5.03 Å². The summed E-state index contributed by atoms with van der Waals surface area (Å²) in [6.07, 6.45) is 1.92. The van der Waals surface area contributed by atoms with Crippen LogP contribution in [-0.2, 0) is 0 Å². The van der Waals surface area contributed by atoms with Crippen molar-refractivity contribution in [3.05, 3.63) is 23.9 Å². The van der Waals surface area contributed by atoms with Crippen molar-refractivity contribution in [1.29, 1.82) is 0 Å². The third-order valence-corrected chi connectivity index (χ3v) is 1.95. The van der Waals surface area contributed by atoms with Crippen LogP contribution in [0.1, 0.15) is 5.69 Å². The molecule has 1 heterocycles. The summed E-state index contributed by atoms with van der Waals surface area (Å²) in [7, 11) is 0. The summed E-state index contributed by atoms with van der Waals surface area (Å²) in [4.78, 5) is 4.11. The standard InChI is InChI=1S/C7H9N3OS/c1-12-6-4-2-3-5(9-6)7(8)10-11/h2-4,11H,1H3,(H2,8,10). The van der Waals surface area contributed by atoms with E-state index in [0.717, 1.165) is 5.03 Å². The van der Waals surface area contributed by atoms with E-state index in [2.05, 4.69) is 10.1 Å². The lowest BCUT2D eigenvalue weighted by molar-refractivity contribution is 0.318. The molecule has 4 nitrogen and oxygen atoms in total. The van der Waals surface area contributed by atoms with E-state index in [1.807, 2.05) is 18.4 Å². The van der Waals surface area contributed by atoms with Crippen LogP contribution >= 0.6 is 11.8 Å². The third-order valence-electron chi connectivity index (χ3n) is 1.30. The highest BCUT2D eigenvalue weighted by Crippen LogP contribution is 2.10. The third kappa shape index (κ3) is 1.88. The predicted octanol–water partition coefficient (Wildman–Crippen LogP) is 0.898. The number of rotatable bonds is 2. The Morgan fingerprint density at radius 2 is 2.42 bits per heavy atom. The van der Waals surface area contributed by atoms with Crippen molar-refractivity contribution in [3.63, 3.8) is 0 Å². The summed E-state index contributed by atoms with van der Waals surface area (Å²) in [6.45, 7) is 0. The van der Waals surface area contributed by atoms with Gasteiger partial charge in [0.15, 0.2) is 5.84 Å². The Morgan fingerprint density at radius 3 is 3.00 bits per heavy atom. The van der Waals surface area contributed by atoms with Crippen LogP contribution in [0.5, 0.6) is 0 Å². The van der Waals surface area contributed by atoms with Crippen molar-refractivity contribution in [2.75, 3.05) is 6.26 Å². The number of thioether (sulfide) groups is 1. The molecule has 0 saturated heterocycles. The highest BCUT2D eigenvalue weighted by molar-refractivity contribution is 7.98. The number of pyridine rings is 1. The first-order valence-corrected chi connectivity index (χ1v) is 4.49. The molecular weight excluding hydrogens is 174 g/mol. The molecule has 0 amide bonds. The molecule has 0 aliphatic carbocycles. The van der Waals surface area contributed by atoms with E-state index in [-0.39, 0.29) is 5.84 Å². The average Bonchev–Trinajstić information content (AvgIpc) is 2.17. The zero-order chi connectivity index (χ0) is 8.97. The Kier molecular flexibility index (Phi) is 2.93. The number of aromatic nitrogens is 1. The average molecular weight is 183 g/mol. The van der Waals surface area contributed by atoms with E-state index in [9.17, 15) is 0 Å². The van der Waals surface area contributed by atoms with Gasteiger partial charge in [-0.3, -0.25) is 0 Å². The first-order valence-electron chi connectivity index (χ1n) is 3.27. The summed E-state index contributed by atoms with van der Waals surface area (Å²) < 4.78 is 0. The van der Waals surface area contributed by atoms with Crippen LogP contribution in [0.3, 0.4) is 0 Å². The van der Waals surface area contributed by atoms with Crippen molar-refractivity contribution >= 4 is 17.6 Å². The van der Waals surface area contributed by atoms with Crippen LogP contribution in [0, 0.1) is 0 Å². The molecule has 0 aliphatic heterocycles. The Morgan fingerprint density at radius 1 is 1.67 bits per heavy atom. The van der Waals surface area contributed by atoms with E-state index in [0.29, 0.717) is 5.69 Å². The van der Waals surface area contributed by atoms with Crippen molar-refractivity contribution < 1.29 is 5.21 Å². The van der Waals surface area contributed by atoms with Gasteiger partial charge < -0.3 is 10.9 Å². The largest absolute Gasteiger partial charge is 0.409 e. The number of nitrogens with two attached hydrogens (primary N) is 1. The number of hydrogen-bond donors (Lipinski definition) is 2. The second-order valence-electron chi connectivity index (χ2n) is 2.05. The molecule has 0 aliphatic rings. The molecule has 5 heteroatoms. The highest BCUT2D eigenvalue weighted by atomic mass is 32.2. The van der Waals surface area contributed by atoms with Gasteiger partial charge >= 0.3 is 0 Å². The highest BCUT2D eigenvalue weighted by Gasteiger charge is 2.00. The summed E-state index contributed by atoms with van der Waals surface area (Å²) in [5, 5.41) is 12.1. The second-order valence-corrected chi connectivity index (χ2v) is 2.88. The van der Waals surface area contributed by atoms with E-state index in [1.165, 1.54) is 11.8 Å². The summed E-state index contributed by atoms with van der Waals surface area (Å²) in [6, 6.07) is 5.36. The summed E-state index contributed by atoms with van der Waals surface area (Å²) in [5.41, 5.74) is 5.84. The molecule has 1 aromatic rings. The normalized spacial score (nSPS) is 11.6. The first kappa shape index (κ1) is 8.86. The molecule has 0 bridgehead atoms. The zero-order valence-corrected chi connectivity index (χ0v) is 7.38. The molecular formula is C7H9N3OS. The monoisotopic (exact) mass is 183 g/mol. The van der Waals surface area contributed by atoms with Crippen LogP contribution in [0.4, 0.5) is 0 Å². The fourth-order valence-corrected chi connectivity index (χ4v) is 1.13. The molecule has 3 N–H and O–H groups in total. The molecule has 0 saturated carbocycles. The first-order chi connectivity index (χ1) is 5.77. The minimum atomic E-state index is 0.0332. The lowest BCUT2D eigenvalue weighted by Gasteiger charge is -1.98. The molecule has 12 heavy (non-hydrogen) atoms. The fourth-order valence-electron chi connectivity index (χ4n) is 0.722. The number of amidine groups is 1. The molecule has 0 radical (unpaired) electrons. The topological polar surface area (TPSA) is 71.5 Å². The van der Waals surface area contributed by atoms with Gasteiger partial charge in [0, 0.05) is 0 Å². The van der Waals surface area contributed by atoms with Gasteiger partial charge in [-0.25, -0.2) is 4.98 Å². The van der Waals surface area contributed by atoms with Crippen LogP contribution in [0.2, 0.25) is 0 Å². The van der Waals surface area contributed by atoms with E-state index in [4.69, 9.17) is 10.9 Å². The van der Waals surface area contributed by atoms with Gasteiger partial charge in [-0.15, -0.1) is 11.8 Å². The van der Waals surface area contributed by atoms with Gasteiger partial charge in [-0.2, -0.15) is 0 Å². The van der Waals surface area contributed by atoms with Crippen molar-refractivity contribution in [1.82, 2.24) is 4.98 Å². The molecule has 1 aromatic heterocycles. The van der Waals surface area contributed by atoms with E-state index < -0.39 is 0 Å². The zero-order valence-electron chi connectivity index (χ0n) is 6.56. The number of nitrogens with zero attached hydrogens (tertiary/aromatic N) is 2. The van der Waals surface area contributed by atoms with Crippen LogP contribution in [0.25, 0.3) is 0 Å². The summed E-state index contributed by atoms with van der Waals surface area (Å²) in [5.74, 6) is 0.0332. The second kappa shape index (κ2) is 3.96. The number of oxime groups is 1. The number of hydrogen-bond acceptors (Lipinski definition) is 4. The molecule has 1 rings (SSSR count). The Hall–Kier alpha value is -1.23. The lowest BCUT2D eigenvalue weighted by Crippen LogP contribution is -2.14. The van der Waals surface area contributed by atoms with Crippen LogP contribution in [0.15, 0.2) is 28.4 Å². The molecule has 64 valence electrons. The molecule has 0 unspecified atom stereocenters. The Bertz CT molecular complexity index is 300. The van der Waals surface area contributed by atoms with Crippen molar-refractivity contribution in [2.24, 2.45) is 10.9 Å². The molecule has 0 fully saturated rings. The lowest BCUT2D eigenvalue weighted by atomic mass is 10.3. The maximum absolute atomic E-state index is 8.37. The Labute approximate surface area is 74.5 Å². The summed E-state index contributed by atoms with van der Waals surface area (Å²) >= 11 is 1.51. The van der Waals surface area contributed by atoms with Gasteiger partial charge in [0.1, 0.15) is 5.69 Å². The van der Waals surface area contributed by atoms with Gasteiger partial charge in [-0.05, 0) is 18.4 Å². The fraction of sp³-hybridized carbons (Fsp3) is 0.143. The molecule has 0 atom stereocenters. The van der Waals surface area contributed by atoms with Gasteiger partial charge in [0.05, 0.1) is 5.03 Å². The molecule has 0 aromatic carbocycles. The smallest absolute Gasteiger partial charge is 0.188 e. The quantitative estimate of drug-likeness (QED) is 0.235. The van der Waals surface area contributed by atoms with Crippen molar-refractivity contribution in [3.8, 4) is 0 Å². The Balaban J connectivity index is 3.02. The van der Waals surface area contributed by atoms with E-state index >= 15 is 0 Å². The SMILES string of the molecule is CSc1cccc(C(N)=NO)n1. The minimum Gasteiger partial charge on any atom is -0.409 e. The van der Waals surface area contributed by atoms with E-state index in [1.54, 1.807) is 6.07 Å². The molecule has 0 spiro atoms. The predicted molar refractivity (Wildman–Crippen MR) is 48.5 cm³/mol. The van der Waals surface area contributed by atoms with Gasteiger partial charge in [-0.1, -0.05) is 11.2 Å². The maximum atomic E-state index is 8.37. The minimum absolute atomic E-state index is 0.0332. The van der Waals surface area contributed by atoms with Gasteiger partial charge in [0.2, 0.25) is 0 Å². The van der Waals surface area contributed by atoms with Crippen LogP contribution in [-0.4, -0.2) is 22.3 Å². The van der Waals surface area contributed by atoms with Crippen LogP contribution < -0.4 is 5.73 Å². The van der Waals surface area contributed by atoms with Gasteiger partial charge in [0.25, 0.3) is 0 Å².